The van der Waals surface area contributed by atoms with Crippen LogP contribution < -0.4 is 0 Å². The maximum Gasteiger partial charge on any atom is 0.320 e. The highest BCUT2D eigenvalue weighted by Crippen LogP contribution is 2.23. The number of rotatable bonds is 4. The predicted octanol–water partition coefficient (Wildman–Crippen LogP) is 1.72. The summed E-state index contributed by atoms with van der Waals surface area (Å²) in [7, 11) is 0. The van der Waals surface area contributed by atoms with Gasteiger partial charge in [-0.25, -0.2) is 0 Å². The van der Waals surface area contributed by atoms with E-state index in [0.717, 1.165) is 32.2 Å². The lowest BCUT2D eigenvalue weighted by Crippen LogP contribution is -2.42. The highest BCUT2D eigenvalue weighted by molar-refractivity contribution is 5.73. The van der Waals surface area contributed by atoms with Crippen LogP contribution in [0.1, 0.15) is 39.5 Å². The monoisotopic (exact) mass is 185 g/mol. The third kappa shape index (κ3) is 2.21. The van der Waals surface area contributed by atoms with Gasteiger partial charge in [0.2, 0.25) is 0 Å². The van der Waals surface area contributed by atoms with Gasteiger partial charge in [0.05, 0.1) is 0 Å². The summed E-state index contributed by atoms with van der Waals surface area (Å²) in [5.41, 5.74) is 0. The van der Waals surface area contributed by atoms with Crippen LogP contribution in [-0.4, -0.2) is 34.6 Å². The predicted molar refractivity (Wildman–Crippen MR) is 51.7 cm³/mol. The maximum atomic E-state index is 10.9. The Bertz CT molecular complexity index is 178. The Balaban J connectivity index is 2.61. The normalized spacial score (nSPS) is 24.1. The summed E-state index contributed by atoms with van der Waals surface area (Å²) in [4.78, 5) is 13.1. The topological polar surface area (TPSA) is 40.5 Å². The van der Waals surface area contributed by atoms with Crippen LogP contribution in [-0.2, 0) is 4.79 Å². The van der Waals surface area contributed by atoms with Crippen LogP contribution in [0.2, 0.25) is 0 Å². The molecule has 76 valence electrons. The molecule has 0 aliphatic carbocycles. The summed E-state index contributed by atoms with van der Waals surface area (Å²) >= 11 is 0. The van der Waals surface area contributed by atoms with Gasteiger partial charge in [-0.05, 0) is 32.2 Å². The van der Waals surface area contributed by atoms with Crippen LogP contribution in [0.4, 0.5) is 0 Å². The molecule has 3 heteroatoms. The van der Waals surface area contributed by atoms with Crippen molar-refractivity contribution in [3.63, 3.8) is 0 Å². The summed E-state index contributed by atoms with van der Waals surface area (Å²) in [5.74, 6) is -0.649. The SMILES string of the molecule is CCC(CC)N1CCCC1C(=O)O. The summed E-state index contributed by atoms with van der Waals surface area (Å²) in [6.07, 6.45) is 3.97. The number of carboxylic acids is 1. The number of likely N-dealkylation sites (tertiary alicyclic amines) is 1. The smallest absolute Gasteiger partial charge is 0.320 e. The Morgan fingerprint density at radius 1 is 1.54 bits per heavy atom. The van der Waals surface area contributed by atoms with Crippen molar-refractivity contribution in [2.24, 2.45) is 0 Å². The molecule has 0 aromatic heterocycles. The van der Waals surface area contributed by atoms with Gasteiger partial charge in [-0.3, -0.25) is 9.69 Å². The van der Waals surface area contributed by atoms with Crippen LogP contribution in [0.3, 0.4) is 0 Å². The molecule has 0 spiro atoms. The van der Waals surface area contributed by atoms with Gasteiger partial charge < -0.3 is 5.11 Å². The standard InChI is InChI=1S/C10H19NO2/c1-3-8(4-2)11-7-5-6-9(11)10(12)13/h8-9H,3-7H2,1-2H3,(H,12,13). The first-order chi connectivity index (χ1) is 6.20. The lowest BCUT2D eigenvalue weighted by molar-refractivity contribution is -0.143. The molecule has 0 aromatic rings. The van der Waals surface area contributed by atoms with Gasteiger partial charge >= 0.3 is 5.97 Å². The molecule has 1 aliphatic heterocycles. The van der Waals surface area contributed by atoms with Gasteiger partial charge in [0.1, 0.15) is 6.04 Å². The molecule has 0 saturated carbocycles. The Morgan fingerprint density at radius 3 is 2.62 bits per heavy atom. The minimum absolute atomic E-state index is 0.218. The number of aliphatic carboxylic acids is 1. The van der Waals surface area contributed by atoms with Crippen LogP contribution >= 0.6 is 0 Å². The highest BCUT2D eigenvalue weighted by atomic mass is 16.4. The van der Waals surface area contributed by atoms with Crippen LogP contribution in [0.5, 0.6) is 0 Å². The molecule has 1 rings (SSSR count). The van der Waals surface area contributed by atoms with Gasteiger partial charge in [0.15, 0.2) is 0 Å². The van der Waals surface area contributed by atoms with E-state index < -0.39 is 5.97 Å². The number of carbonyl (C=O) groups is 1. The van der Waals surface area contributed by atoms with Crippen molar-refractivity contribution < 1.29 is 9.90 Å². The Morgan fingerprint density at radius 2 is 2.15 bits per heavy atom. The van der Waals surface area contributed by atoms with Crippen molar-refractivity contribution in [3.8, 4) is 0 Å². The number of hydrogen-bond acceptors (Lipinski definition) is 2. The first kappa shape index (κ1) is 10.5. The average molecular weight is 185 g/mol. The third-order valence-electron chi connectivity index (χ3n) is 2.99. The maximum absolute atomic E-state index is 10.9. The quantitative estimate of drug-likeness (QED) is 0.725. The van der Waals surface area contributed by atoms with Crippen molar-refractivity contribution in [3.05, 3.63) is 0 Å². The van der Waals surface area contributed by atoms with E-state index in [4.69, 9.17) is 5.11 Å². The molecule has 1 fully saturated rings. The second-order valence-corrected chi connectivity index (χ2v) is 3.70. The van der Waals surface area contributed by atoms with Crippen molar-refractivity contribution in [1.82, 2.24) is 4.90 Å². The van der Waals surface area contributed by atoms with Crippen molar-refractivity contribution in [2.45, 2.75) is 51.6 Å². The van der Waals surface area contributed by atoms with Crippen molar-refractivity contribution in [1.29, 1.82) is 0 Å². The van der Waals surface area contributed by atoms with Gasteiger partial charge in [-0.15, -0.1) is 0 Å². The van der Waals surface area contributed by atoms with E-state index in [1.807, 2.05) is 0 Å². The largest absolute Gasteiger partial charge is 0.480 e. The van der Waals surface area contributed by atoms with E-state index in [0.29, 0.717) is 6.04 Å². The molecule has 1 atom stereocenters. The molecule has 1 heterocycles. The molecule has 0 bridgehead atoms. The van der Waals surface area contributed by atoms with E-state index in [1.54, 1.807) is 0 Å². The number of hydrogen-bond donors (Lipinski definition) is 1. The third-order valence-corrected chi connectivity index (χ3v) is 2.99. The van der Waals surface area contributed by atoms with Crippen molar-refractivity contribution in [2.75, 3.05) is 6.54 Å². The number of nitrogens with zero attached hydrogens (tertiary/aromatic N) is 1. The molecule has 1 unspecified atom stereocenters. The Kier molecular flexibility index (Phi) is 3.72. The number of carboxylic acid groups (broad SMARTS) is 1. The van der Waals surface area contributed by atoms with Gasteiger partial charge in [0.25, 0.3) is 0 Å². The van der Waals surface area contributed by atoms with E-state index in [-0.39, 0.29) is 6.04 Å². The van der Waals surface area contributed by atoms with Crippen LogP contribution in [0.25, 0.3) is 0 Å². The Labute approximate surface area is 79.7 Å². The van der Waals surface area contributed by atoms with Crippen molar-refractivity contribution >= 4 is 5.97 Å². The zero-order valence-corrected chi connectivity index (χ0v) is 8.49. The van der Waals surface area contributed by atoms with Crippen LogP contribution in [0, 0.1) is 0 Å². The lowest BCUT2D eigenvalue weighted by atomic mass is 10.1. The zero-order valence-electron chi connectivity index (χ0n) is 8.49. The van der Waals surface area contributed by atoms with Gasteiger partial charge in [-0.1, -0.05) is 13.8 Å². The summed E-state index contributed by atoms with van der Waals surface area (Å²) < 4.78 is 0. The van der Waals surface area contributed by atoms with Gasteiger partial charge in [-0.2, -0.15) is 0 Å². The highest BCUT2D eigenvalue weighted by Gasteiger charge is 2.33. The fourth-order valence-electron chi connectivity index (χ4n) is 2.25. The van der Waals surface area contributed by atoms with Crippen LogP contribution in [0.15, 0.2) is 0 Å². The molecule has 13 heavy (non-hydrogen) atoms. The molecule has 0 radical (unpaired) electrons. The van der Waals surface area contributed by atoms with E-state index >= 15 is 0 Å². The summed E-state index contributed by atoms with van der Waals surface area (Å²) in [5, 5.41) is 8.98. The molecule has 1 aliphatic rings. The molecule has 1 N–H and O–H groups in total. The molecular formula is C10H19NO2. The summed E-state index contributed by atoms with van der Waals surface area (Å²) in [6.45, 7) is 5.22. The molecule has 3 nitrogen and oxygen atoms in total. The molecule has 1 saturated heterocycles. The molecule has 0 amide bonds. The fourth-order valence-corrected chi connectivity index (χ4v) is 2.25. The zero-order chi connectivity index (χ0) is 9.84. The molecular weight excluding hydrogens is 166 g/mol. The average Bonchev–Trinajstić information content (AvgIpc) is 2.55. The van der Waals surface area contributed by atoms with E-state index in [9.17, 15) is 4.79 Å². The Hall–Kier alpha value is -0.570. The second-order valence-electron chi connectivity index (χ2n) is 3.70. The first-order valence-electron chi connectivity index (χ1n) is 5.19. The summed E-state index contributed by atoms with van der Waals surface area (Å²) in [6, 6.07) is 0.244. The van der Waals surface area contributed by atoms with Gasteiger partial charge in [0, 0.05) is 6.04 Å². The fraction of sp³-hybridized carbons (Fsp3) is 0.900. The second kappa shape index (κ2) is 4.61. The lowest BCUT2D eigenvalue weighted by Gasteiger charge is -2.29. The minimum Gasteiger partial charge on any atom is -0.480 e. The van der Waals surface area contributed by atoms with E-state index in [1.165, 1.54) is 0 Å². The molecule has 0 aromatic carbocycles. The van der Waals surface area contributed by atoms with E-state index in [2.05, 4.69) is 18.7 Å². The minimum atomic E-state index is -0.649. The first-order valence-corrected chi connectivity index (χ1v) is 5.19.